The van der Waals surface area contributed by atoms with Crippen LogP contribution in [0.15, 0.2) is 22.7 Å². The van der Waals surface area contributed by atoms with Crippen LogP contribution in [0.5, 0.6) is 5.75 Å². The lowest BCUT2D eigenvalue weighted by Crippen LogP contribution is -2.53. The minimum absolute atomic E-state index is 0.0935. The molecular formula is C15H21BrN2O2. The molecular weight excluding hydrogens is 320 g/mol. The zero-order valence-corrected chi connectivity index (χ0v) is 13.8. The first-order valence-corrected chi connectivity index (χ1v) is 7.73. The summed E-state index contributed by atoms with van der Waals surface area (Å²) in [5, 5.41) is 0. The molecule has 4 nitrogen and oxygen atoms in total. The van der Waals surface area contributed by atoms with Crippen molar-refractivity contribution in [1.82, 2.24) is 9.80 Å². The van der Waals surface area contributed by atoms with Crippen molar-refractivity contribution in [3.05, 3.63) is 28.2 Å². The number of likely N-dealkylation sites (N-methyl/N-ethyl adjacent to an activating group) is 1. The maximum atomic E-state index is 12.5. The fourth-order valence-corrected chi connectivity index (χ4v) is 3.17. The van der Waals surface area contributed by atoms with Crippen LogP contribution >= 0.6 is 15.9 Å². The second-order valence-corrected chi connectivity index (χ2v) is 5.93. The van der Waals surface area contributed by atoms with Crippen LogP contribution in [-0.2, 0) is 0 Å². The summed E-state index contributed by atoms with van der Waals surface area (Å²) < 4.78 is 6.00. The summed E-state index contributed by atoms with van der Waals surface area (Å²) >= 11 is 3.43. The molecule has 1 aromatic rings. The van der Waals surface area contributed by atoms with Crippen LogP contribution in [0.4, 0.5) is 0 Å². The zero-order chi connectivity index (χ0) is 14.7. The highest BCUT2D eigenvalue weighted by atomic mass is 79.9. The van der Waals surface area contributed by atoms with Crippen molar-refractivity contribution in [2.24, 2.45) is 0 Å². The Morgan fingerprint density at radius 3 is 2.75 bits per heavy atom. The van der Waals surface area contributed by atoms with Crippen LogP contribution < -0.4 is 4.74 Å². The number of rotatable bonds is 3. The highest BCUT2D eigenvalue weighted by Gasteiger charge is 2.26. The van der Waals surface area contributed by atoms with E-state index in [1.54, 1.807) is 7.11 Å². The molecule has 20 heavy (non-hydrogen) atoms. The minimum Gasteiger partial charge on any atom is -0.496 e. The second kappa shape index (κ2) is 6.59. The third-order valence-corrected chi connectivity index (χ3v) is 4.48. The minimum atomic E-state index is 0.0935. The molecule has 0 bridgehead atoms. The number of hydrogen-bond donors (Lipinski definition) is 0. The quantitative estimate of drug-likeness (QED) is 0.847. The van der Waals surface area contributed by atoms with Crippen LogP contribution in [-0.4, -0.2) is 55.0 Å². The van der Waals surface area contributed by atoms with Gasteiger partial charge in [0.1, 0.15) is 5.75 Å². The van der Waals surface area contributed by atoms with Gasteiger partial charge in [-0.15, -0.1) is 0 Å². The number of carbonyl (C=O) groups is 1. The third kappa shape index (κ3) is 3.15. The van der Waals surface area contributed by atoms with Crippen LogP contribution in [0.3, 0.4) is 0 Å². The van der Waals surface area contributed by atoms with Crippen LogP contribution in [0.25, 0.3) is 0 Å². The fraction of sp³-hybridized carbons (Fsp3) is 0.533. The van der Waals surface area contributed by atoms with Gasteiger partial charge in [0.2, 0.25) is 0 Å². The molecule has 1 amide bonds. The Morgan fingerprint density at radius 2 is 2.20 bits per heavy atom. The number of ether oxygens (including phenoxy) is 1. The molecule has 0 spiro atoms. The van der Waals surface area contributed by atoms with Gasteiger partial charge in [-0.05, 0) is 47.6 Å². The molecule has 1 aliphatic rings. The number of benzene rings is 1. The maximum absolute atomic E-state index is 12.5. The highest BCUT2D eigenvalue weighted by molar-refractivity contribution is 9.10. The summed E-state index contributed by atoms with van der Waals surface area (Å²) in [6.45, 7) is 7.90. The van der Waals surface area contributed by atoms with Crippen LogP contribution in [0, 0.1) is 0 Å². The van der Waals surface area contributed by atoms with Gasteiger partial charge in [0.05, 0.1) is 11.6 Å². The monoisotopic (exact) mass is 340 g/mol. The maximum Gasteiger partial charge on any atom is 0.253 e. The lowest BCUT2D eigenvalue weighted by atomic mass is 10.1. The molecule has 1 aliphatic heterocycles. The van der Waals surface area contributed by atoms with E-state index < -0.39 is 0 Å². The first-order valence-electron chi connectivity index (χ1n) is 6.93. The normalized spacial score (nSPS) is 20.0. The number of methoxy groups -OCH3 is 1. The van der Waals surface area contributed by atoms with Gasteiger partial charge in [0.25, 0.3) is 5.91 Å². The Balaban J connectivity index is 2.10. The molecule has 1 fully saturated rings. The van der Waals surface area contributed by atoms with Crippen molar-refractivity contribution in [2.75, 3.05) is 33.3 Å². The van der Waals surface area contributed by atoms with Gasteiger partial charge < -0.3 is 9.64 Å². The largest absolute Gasteiger partial charge is 0.496 e. The Kier molecular flexibility index (Phi) is 5.05. The Labute approximate surface area is 128 Å². The van der Waals surface area contributed by atoms with E-state index in [0.29, 0.717) is 11.6 Å². The van der Waals surface area contributed by atoms with E-state index >= 15 is 0 Å². The topological polar surface area (TPSA) is 32.8 Å². The Bertz CT molecular complexity index is 493. The van der Waals surface area contributed by atoms with E-state index in [2.05, 4.69) is 34.7 Å². The summed E-state index contributed by atoms with van der Waals surface area (Å²) in [5.74, 6) is 0.835. The molecule has 1 saturated heterocycles. The van der Waals surface area contributed by atoms with E-state index in [9.17, 15) is 4.79 Å². The first kappa shape index (κ1) is 15.3. The molecule has 1 unspecified atom stereocenters. The Hall–Kier alpha value is -1.07. The average molecular weight is 341 g/mol. The van der Waals surface area contributed by atoms with Crippen molar-refractivity contribution in [1.29, 1.82) is 0 Å². The van der Waals surface area contributed by atoms with E-state index in [1.807, 2.05) is 23.1 Å². The third-order valence-electron chi connectivity index (χ3n) is 3.86. The van der Waals surface area contributed by atoms with E-state index in [1.165, 1.54) is 0 Å². The number of carbonyl (C=O) groups excluding carboxylic acids is 1. The van der Waals surface area contributed by atoms with Gasteiger partial charge in [0, 0.05) is 31.2 Å². The van der Waals surface area contributed by atoms with E-state index in [4.69, 9.17) is 4.74 Å². The number of amides is 1. The number of halogens is 1. The molecule has 0 aliphatic carbocycles. The number of piperazine rings is 1. The van der Waals surface area contributed by atoms with Gasteiger partial charge in [-0.3, -0.25) is 9.69 Å². The van der Waals surface area contributed by atoms with Crippen molar-refractivity contribution in [2.45, 2.75) is 19.9 Å². The van der Waals surface area contributed by atoms with Crippen LogP contribution in [0.1, 0.15) is 24.2 Å². The predicted molar refractivity (Wildman–Crippen MR) is 83.3 cm³/mol. The second-order valence-electron chi connectivity index (χ2n) is 5.08. The zero-order valence-electron chi connectivity index (χ0n) is 12.2. The molecule has 0 radical (unpaired) electrons. The smallest absolute Gasteiger partial charge is 0.253 e. The first-order chi connectivity index (χ1) is 9.56. The van der Waals surface area contributed by atoms with E-state index in [-0.39, 0.29) is 5.91 Å². The lowest BCUT2D eigenvalue weighted by Gasteiger charge is -2.39. The summed E-state index contributed by atoms with van der Waals surface area (Å²) in [7, 11) is 1.62. The van der Waals surface area contributed by atoms with Gasteiger partial charge >= 0.3 is 0 Å². The summed E-state index contributed by atoms with van der Waals surface area (Å²) in [4.78, 5) is 16.9. The molecule has 0 aromatic heterocycles. The van der Waals surface area contributed by atoms with Crippen LogP contribution in [0.2, 0.25) is 0 Å². The fourth-order valence-electron chi connectivity index (χ4n) is 2.63. The van der Waals surface area contributed by atoms with Crippen molar-refractivity contribution >= 4 is 21.8 Å². The standard InChI is InChI=1S/C15H21BrN2O2/c1-4-17-7-8-18(10-11(17)2)15(19)12-5-6-14(20-3)13(16)9-12/h5-6,9,11H,4,7-8,10H2,1-3H3. The lowest BCUT2D eigenvalue weighted by molar-refractivity contribution is 0.0528. The molecule has 0 N–H and O–H groups in total. The highest BCUT2D eigenvalue weighted by Crippen LogP contribution is 2.26. The molecule has 0 saturated carbocycles. The molecule has 1 atom stereocenters. The molecule has 1 heterocycles. The molecule has 2 rings (SSSR count). The van der Waals surface area contributed by atoms with Gasteiger partial charge in [-0.2, -0.15) is 0 Å². The predicted octanol–water partition coefficient (Wildman–Crippen LogP) is 2.62. The summed E-state index contributed by atoms with van der Waals surface area (Å²) in [6.07, 6.45) is 0. The summed E-state index contributed by atoms with van der Waals surface area (Å²) in [5.41, 5.74) is 0.704. The molecule has 1 aromatic carbocycles. The van der Waals surface area contributed by atoms with Crippen molar-refractivity contribution < 1.29 is 9.53 Å². The molecule has 5 heteroatoms. The van der Waals surface area contributed by atoms with Crippen molar-refractivity contribution in [3.63, 3.8) is 0 Å². The van der Waals surface area contributed by atoms with Gasteiger partial charge in [-0.1, -0.05) is 6.92 Å². The average Bonchev–Trinajstić information content (AvgIpc) is 2.46. The van der Waals surface area contributed by atoms with E-state index in [0.717, 1.165) is 36.4 Å². The Morgan fingerprint density at radius 1 is 1.45 bits per heavy atom. The number of hydrogen-bond acceptors (Lipinski definition) is 3. The SMILES string of the molecule is CCN1CCN(C(=O)c2ccc(OC)c(Br)c2)CC1C. The molecule has 110 valence electrons. The van der Waals surface area contributed by atoms with Gasteiger partial charge in [0.15, 0.2) is 0 Å². The van der Waals surface area contributed by atoms with Crippen molar-refractivity contribution in [3.8, 4) is 5.75 Å². The number of nitrogens with zero attached hydrogens (tertiary/aromatic N) is 2. The summed E-state index contributed by atoms with van der Waals surface area (Å²) in [6, 6.07) is 5.89. The van der Waals surface area contributed by atoms with Gasteiger partial charge in [-0.25, -0.2) is 0 Å².